The van der Waals surface area contributed by atoms with Gasteiger partial charge in [0.2, 0.25) is 15.7 Å². The van der Waals surface area contributed by atoms with Crippen LogP contribution in [0.25, 0.3) is 0 Å². The summed E-state index contributed by atoms with van der Waals surface area (Å²) < 4.78 is 34.6. The Morgan fingerprint density at radius 3 is 2.44 bits per heavy atom. The Morgan fingerprint density at radius 2 is 1.89 bits per heavy atom. The summed E-state index contributed by atoms with van der Waals surface area (Å²) in [5.74, 6) is -1.20. The number of amides is 1. The standard InChI is InChI=1S/C16H20N4O5S2/c1-5-25-16(22)13-15(26-19-18-13)17-14(21)11-6-8-12(9-7-11)27(23,24)20(4)10(2)3/h6-10H,5H2,1-4H3,(H,17,21). The molecule has 2 aromatic rings. The van der Waals surface area contributed by atoms with E-state index in [1.54, 1.807) is 20.8 Å². The first-order valence-corrected chi connectivity index (χ1v) is 10.3. The van der Waals surface area contributed by atoms with Crippen molar-refractivity contribution in [1.82, 2.24) is 13.9 Å². The first-order valence-electron chi connectivity index (χ1n) is 8.07. The molecule has 0 spiro atoms. The van der Waals surface area contributed by atoms with E-state index in [0.717, 1.165) is 11.5 Å². The van der Waals surface area contributed by atoms with Crippen LogP contribution in [-0.2, 0) is 14.8 Å². The average Bonchev–Trinajstić information content (AvgIpc) is 3.09. The molecular formula is C16H20N4O5S2. The zero-order valence-corrected chi connectivity index (χ0v) is 16.9. The molecule has 1 aromatic heterocycles. The van der Waals surface area contributed by atoms with E-state index in [9.17, 15) is 18.0 Å². The van der Waals surface area contributed by atoms with Gasteiger partial charge < -0.3 is 10.1 Å². The maximum absolute atomic E-state index is 12.5. The summed E-state index contributed by atoms with van der Waals surface area (Å²) in [4.78, 5) is 24.2. The molecule has 1 aromatic carbocycles. The number of hydrogen-bond acceptors (Lipinski definition) is 8. The number of aromatic nitrogens is 2. The fourth-order valence-electron chi connectivity index (χ4n) is 2.00. The van der Waals surface area contributed by atoms with Gasteiger partial charge in [-0.25, -0.2) is 13.2 Å². The third-order valence-electron chi connectivity index (χ3n) is 3.70. The number of carbonyl (C=O) groups excluding carboxylic acids is 2. The number of ether oxygens (including phenoxy) is 1. The van der Waals surface area contributed by atoms with Gasteiger partial charge in [0, 0.05) is 30.2 Å². The molecule has 0 saturated heterocycles. The van der Waals surface area contributed by atoms with Crippen LogP contribution in [0.5, 0.6) is 0 Å². The van der Waals surface area contributed by atoms with E-state index >= 15 is 0 Å². The van der Waals surface area contributed by atoms with E-state index < -0.39 is 21.9 Å². The molecule has 0 unspecified atom stereocenters. The van der Waals surface area contributed by atoms with Gasteiger partial charge >= 0.3 is 5.97 Å². The summed E-state index contributed by atoms with van der Waals surface area (Å²) >= 11 is 0.845. The Bertz CT molecular complexity index is 923. The monoisotopic (exact) mass is 412 g/mol. The number of rotatable bonds is 7. The summed E-state index contributed by atoms with van der Waals surface area (Å²) in [6, 6.07) is 5.32. The van der Waals surface area contributed by atoms with Crippen LogP contribution in [0.4, 0.5) is 5.00 Å². The molecule has 1 N–H and O–H groups in total. The maximum atomic E-state index is 12.5. The molecule has 0 radical (unpaired) electrons. The van der Waals surface area contributed by atoms with E-state index in [0.29, 0.717) is 0 Å². The number of carbonyl (C=O) groups is 2. The van der Waals surface area contributed by atoms with Crippen molar-refractivity contribution in [2.24, 2.45) is 0 Å². The zero-order valence-electron chi connectivity index (χ0n) is 15.3. The Balaban J connectivity index is 2.18. The quantitative estimate of drug-likeness (QED) is 0.691. The second-order valence-electron chi connectivity index (χ2n) is 5.76. The lowest BCUT2D eigenvalue weighted by Gasteiger charge is -2.21. The second-order valence-corrected chi connectivity index (χ2v) is 8.52. The first-order chi connectivity index (χ1) is 12.7. The normalized spacial score (nSPS) is 11.6. The van der Waals surface area contributed by atoms with Gasteiger partial charge in [-0.2, -0.15) is 4.31 Å². The van der Waals surface area contributed by atoms with Crippen LogP contribution in [0.2, 0.25) is 0 Å². The van der Waals surface area contributed by atoms with Crippen molar-refractivity contribution in [3.8, 4) is 0 Å². The highest BCUT2D eigenvalue weighted by Crippen LogP contribution is 2.21. The number of nitrogens with zero attached hydrogens (tertiary/aromatic N) is 3. The molecule has 11 heteroatoms. The molecule has 0 aliphatic carbocycles. The Hall–Kier alpha value is -2.37. The van der Waals surface area contributed by atoms with E-state index in [-0.39, 0.29) is 33.8 Å². The van der Waals surface area contributed by atoms with Crippen molar-refractivity contribution < 1.29 is 22.7 Å². The highest BCUT2D eigenvalue weighted by atomic mass is 32.2. The second kappa shape index (κ2) is 8.55. The maximum Gasteiger partial charge on any atom is 0.362 e. The van der Waals surface area contributed by atoms with Gasteiger partial charge in [-0.05, 0) is 45.0 Å². The third-order valence-corrected chi connectivity index (χ3v) is 6.39. The number of esters is 1. The van der Waals surface area contributed by atoms with Crippen molar-refractivity contribution >= 4 is 38.4 Å². The molecule has 0 fully saturated rings. The molecule has 1 amide bonds. The summed E-state index contributed by atoms with van der Waals surface area (Å²) in [6.07, 6.45) is 0. The van der Waals surface area contributed by atoms with Crippen LogP contribution >= 0.6 is 11.5 Å². The van der Waals surface area contributed by atoms with Crippen LogP contribution in [0.3, 0.4) is 0 Å². The lowest BCUT2D eigenvalue weighted by molar-refractivity contribution is 0.0520. The number of hydrogen-bond donors (Lipinski definition) is 1. The molecule has 0 bridgehead atoms. The summed E-state index contributed by atoms with van der Waals surface area (Å²) in [5, 5.41) is 6.36. The largest absolute Gasteiger partial charge is 0.461 e. The van der Waals surface area contributed by atoms with Crippen molar-refractivity contribution in [3.63, 3.8) is 0 Å². The highest BCUT2D eigenvalue weighted by molar-refractivity contribution is 7.89. The van der Waals surface area contributed by atoms with Crippen LogP contribution < -0.4 is 5.32 Å². The number of anilines is 1. The number of nitrogens with one attached hydrogen (secondary N) is 1. The lowest BCUT2D eigenvalue weighted by Crippen LogP contribution is -2.33. The molecule has 27 heavy (non-hydrogen) atoms. The van der Waals surface area contributed by atoms with E-state index in [1.807, 2.05) is 0 Å². The van der Waals surface area contributed by atoms with Crippen LogP contribution in [0, 0.1) is 0 Å². The first kappa shape index (κ1) is 20.9. The van der Waals surface area contributed by atoms with Gasteiger partial charge in [0.05, 0.1) is 11.5 Å². The van der Waals surface area contributed by atoms with E-state index in [4.69, 9.17) is 4.74 Å². The van der Waals surface area contributed by atoms with Crippen molar-refractivity contribution in [1.29, 1.82) is 0 Å². The van der Waals surface area contributed by atoms with Crippen molar-refractivity contribution in [3.05, 3.63) is 35.5 Å². The van der Waals surface area contributed by atoms with Crippen LogP contribution in [0.15, 0.2) is 29.2 Å². The summed E-state index contributed by atoms with van der Waals surface area (Å²) in [7, 11) is -2.14. The minimum absolute atomic E-state index is 0.0760. The molecule has 9 nitrogen and oxygen atoms in total. The van der Waals surface area contributed by atoms with Crippen LogP contribution in [0.1, 0.15) is 41.6 Å². The lowest BCUT2D eigenvalue weighted by atomic mass is 10.2. The Morgan fingerprint density at radius 1 is 1.26 bits per heavy atom. The average molecular weight is 412 g/mol. The van der Waals surface area contributed by atoms with E-state index in [2.05, 4.69) is 14.9 Å². The molecule has 2 rings (SSSR count). The Labute approximate surface area is 161 Å². The molecule has 1 heterocycles. The molecule has 0 aliphatic heterocycles. The van der Waals surface area contributed by atoms with Gasteiger partial charge in [-0.3, -0.25) is 4.79 Å². The number of benzene rings is 1. The SMILES string of the molecule is CCOC(=O)c1nnsc1NC(=O)c1ccc(S(=O)(=O)N(C)C(C)C)cc1. The minimum Gasteiger partial charge on any atom is -0.461 e. The van der Waals surface area contributed by atoms with Gasteiger partial charge in [0.15, 0.2) is 5.00 Å². The fraction of sp³-hybridized carbons (Fsp3) is 0.375. The van der Waals surface area contributed by atoms with Gasteiger partial charge in [0.25, 0.3) is 5.91 Å². The summed E-state index contributed by atoms with van der Waals surface area (Å²) in [5.41, 5.74) is 0.150. The Kier molecular flexibility index (Phi) is 6.63. The van der Waals surface area contributed by atoms with Gasteiger partial charge in [-0.15, -0.1) is 5.10 Å². The minimum atomic E-state index is -3.63. The molecule has 0 saturated carbocycles. The zero-order chi connectivity index (χ0) is 20.2. The predicted molar refractivity (Wildman–Crippen MR) is 100 cm³/mol. The predicted octanol–water partition coefficient (Wildman–Crippen LogP) is 2.00. The topological polar surface area (TPSA) is 119 Å². The van der Waals surface area contributed by atoms with E-state index in [1.165, 1.54) is 35.6 Å². The van der Waals surface area contributed by atoms with Crippen molar-refractivity contribution in [2.45, 2.75) is 31.7 Å². The highest BCUT2D eigenvalue weighted by Gasteiger charge is 2.24. The molecular weight excluding hydrogens is 392 g/mol. The van der Waals surface area contributed by atoms with Gasteiger partial charge in [-0.1, -0.05) is 4.49 Å². The smallest absolute Gasteiger partial charge is 0.362 e. The van der Waals surface area contributed by atoms with Gasteiger partial charge in [0.1, 0.15) is 0 Å². The molecule has 0 aliphatic rings. The number of sulfonamides is 1. The molecule has 146 valence electrons. The molecule has 0 atom stereocenters. The fourth-order valence-corrected chi connectivity index (χ4v) is 3.92. The third kappa shape index (κ3) is 4.67. The van der Waals surface area contributed by atoms with Crippen LogP contribution in [-0.4, -0.2) is 53.9 Å². The van der Waals surface area contributed by atoms with Crippen molar-refractivity contribution in [2.75, 3.05) is 19.0 Å². The summed E-state index contributed by atoms with van der Waals surface area (Å²) in [6.45, 7) is 5.36.